The van der Waals surface area contributed by atoms with Crippen molar-refractivity contribution in [2.75, 3.05) is 0 Å². The van der Waals surface area contributed by atoms with E-state index >= 15 is 0 Å². The Hall–Kier alpha value is -3.64. The predicted octanol–water partition coefficient (Wildman–Crippen LogP) is 5.31. The number of aromatic nitrogens is 3. The molecule has 0 aliphatic heterocycles. The number of aromatic amines is 1. The van der Waals surface area contributed by atoms with E-state index in [1.165, 1.54) is 10.6 Å². The van der Waals surface area contributed by atoms with E-state index in [0.717, 1.165) is 32.9 Å². The molecular formula is C24H19N3O2S. The Morgan fingerprint density at radius 1 is 1.03 bits per heavy atom. The van der Waals surface area contributed by atoms with E-state index in [-0.39, 0.29) is 12.2 Å². The molecule has 0 bridgehead atoms. The number of ether oxygens (including phenoxy) is 1. The van der Waals surface area contributed by atoms with Crippen LogP contribution in [-0.2, 0) is 6.61 Å². The zero-order valence-electron chi connectivity index (χ0n) is 16.3. The fourth-order valence-corrected chi connectivity index (χ4v) is 4.35. The molecule has 6 heteroatoms. The largest absolute Gasteiger partial charge is 0.487 e. The van der Waals surface area contributed by atoms with Gasteiger partial charge in [0, 0.05) is 10.9 Å². The molecule has 0 atom stereocenters. The zero-order valence-corrected chi connectivity index (χ0v) is 17.1. The highest BCUT2D eigenvalue weighted by atomic mass is 32.1. The number of hydrogen-bond donors (Lipinski definition) is 1. The Bertz CT molecular complexity index is 1380. The van der Waals surface area contributed by atoms with Crippen LogP contribution in [0.3, 0.4) is 0 Å². The predicted molar refractivity (Wildman–Crippen MR) is 120 cm³/mol. The van der Waals surface area contributed by atoms with Crippen LogP contribution in [0.4, 0.5) is 0 Å². The van der Waals surface area contributed by atoms with Gasteiger partial charge in [0.25, 0.3) is 5.56 Å². The molecule has 5 nitrogen and oxygen atoms in total. The molecule has 1 N–H and O–H groups in total. The number of rotatable bonds is 5. The van der Waals surface area contributed by atoms with Crippen LogP contribution < -0.4 is 10.3 Å². The van der Waals surface area contributed by atoms with Gasteiger partial charge in [-0.05, 0) is 47.2 Å². The summed E-state index contributed by atoms with van der Waals surface area (Å²) in [5, 5.41) is 6.41. The first kappa shape index (κ1) is 18.4. The van der Waals surface area contributed by atoms with Crippen LogP contribution >= 0.6 is 11.3 Å². The molecular weight excluding hydrogens is 394 g/mol. The van der Waals surface area contributed by atoms with E-state index in [9.17, 15) is 4.79 Å². The first-order valence-corrected chi connectivity index (χ1v) is 10.5. The minimum atomic E-state index is -0.183. The molecule has 30 heavy (non-hydrogen) atoms. The number of hydrogen-bond acceptors (Lipinski definition) is 4. The lowest BCUT2D eigenvalue weighted by atomic mass is 10.1. The van der Waals surface area contributed by atoms with Crippen LogP contribution in [0.1, 0.15) is 11.3 Å². The van der Waals surface area contributed by atoms with Gasteiger partial charge >= 0.3 is 0 Å². The van der Waals surface area contributed by atoms with Gasteiger partial charge in [0.2, 0.25) is 0 Å². The number of aryl methyl sites for hydroxylation is 1. The summed E-state index contributed by atoms with van der Waals surface area (Å²) in [6.07, 6.45) is 1.74. The van der Waals surface area contributed by atoms with Crippen molar-refractivity contribution in [1.82, 2.24) is 14.6 Å². The second-order valence-corrected chi connectivity index (χ2v) is 8.03. The first-order chi connectivity index (χ1) is 14.7. The summed E-state index contributed by atoms with van der Waals surface area (Å²) in [6.45, 7) is 2.30. The van der Waals surface area contributed by atoms with E-state index in [1.807, 2.05) is 49.4 Å². The molecule has 5 rings (SSSR count). The van der Waals surface area contributed by atoms with Crippen LogP contribution in [0.25, 0.3) is 27.2 Å². The first-order valence-electron chi connectivity index (χ1n) is 9.61. The molecule has 0 radical (unpaired) electrons. The van der Waals surface area contributed by atoms with Crippen LogP contribution in [0.15, 0.2) is 83.1 Å². The highest BCUT2D eigenvalue weighted by molar-refractivity contribution is 7.14. The Kier molecular flexibility index (Phi) is 4.69. The number of nitrogens with one attached hydrogen (secondary N) is 1. The smallest absolute Gasteiger partial charge is 0.274 e. The van der Waals surface area contributed by atoms with E-state index in [2.05, 4.69) is 33.7 Å². The lowest BCUT2D eigenvalue weighted by Crippen LogP contribution is -2.16. The maximum atomic E-state index is 12.6. The number of thiophene rings is 1. The lowest BCUT2D eigenvalue weighted by molar-refractivity contribution is 0.301. The van der Waals surface area contributed by atoms with Gasteiger partial charge in [-0.2, -0.15) is 9.61 Å². The van der Waals surface area contributed by atoms with E-state index < -0.39 is 0 Å². The van der Waals surface area contributed by atoms with Crippen molar-refractivity contribution in [3.05, 3.63) is 99.9 Å². The molecule has 0 aliphatic rings. The molecule has 3 aromatic heterocycles. The maximum Gasteiger partial charge on any atom is 0.274 e. The molecule has 0 saturated heterocycles. The van der Waals surface area contributed by atoms with Gasteiger partial charge in [-0.25, -0.2) is 0 Å². The van der Waals surface area contributed by atoms with Crippen LogP contribution in [0, 0.1) is 6.92 Å². The third-order valence-electron chi connectivity index (χ3n) is 4.91. The van der Waals surface area contributed by atoms with Crippen molar-refractivity contribution in [3.8, 4) is 27.3 Å². The summed E-state index contributed by atoms with van der Waals surface area (Å²) in [4.78, 5) is 16.9. The highest BCUT2D eigenvalue weighted by Gasteiger charge is 2.13. The van der Waals surface area contributed by atoms with Crippen molar-refractivity contribution in [3.63, 3.8) is 0 Å². The van der Waals surface area contributed by atoms with Crippen molar-refractivity contribution in [1.29, 1.82) is 0 Å². The van der Waals surface area contributed by atoms with Crippen LogP contribution in [-0.4, -0.2) is 14.6 Å². The normalized spacial score (nSPS) is 11.1. The second kappa shape index (κ2) is 7.65. The average molecular weight is 414 g/mol. The summed E-state index contributed by atoms with van der Waals surface area (Å²) in [5.41, 5.74) is 5.53. The molecule has 3 heterocycles. The van der Waals surface area contributed by atoms with E-state index in [1.54, 1.807) is 17.5 Å². The second-order valence-electron chi connectivity index (χ2n) is 7.12. The van der Waals surface area contributed by atoms with Crippen LogP contribution in [0.2, 0.25) is 0 Å². The number of H-pyrrole nitrogens is 1. The molecule has 148 valence electrons. The van der Waals surface area contributed by atoms with E-state index in [4.69, 9.17) is 4.74 Å². The zero-order chi connectivity index (χ0) is 20.5. The summed E-state index contributed by atoms with van der Waals surface area (Å²) in [5.74, 6) is 0.773. The summed E-state index contributed by atoms with van der Waals surface area (Å²) in [6, 6.07) is 21.7. The monoisotopic (exact) mass is 413 g/mol. The van der Waals surface area contributed by atoms with E-state index in [0.29, 0.717) is 11.3 Å². The topological polar surface area (TPSA) is 59.4 Å². The van der Waals surface area contributed by atoms with Gasteiger partial charge in [0.1, 0.15) is 18.0 Å². The standard InChI is InChI=1S/C24H19N3O2S/c1-16-6-5-9-20(10-16)29-14-19-12-23(28)27-24(26-19)21(13-25-27)22-11-18(15-30-22)17-7-3-2-4-8-17/h2-13,15,26H,14H2,1H3. The summed E-state index contributed by atoms with van der Waals surface area (Å²) >= 11 is 1.63. The number of benzene rings is 2. The number of nitrogens with zero attached hydrogens (tertiary/aromatic N) is 2. The molecule has 5 aromatic rings. The highest BCUT2D eigenvalue weighted by Crippen LogP contribution is 2.34. The number of fused-ring (bicyclic) bond motifs is 1. The SMILES string of the molecule is Cc1cccc(OCc2cc(=O)n3ncc(-c4cc(-c5ccccc5)cs4)c3[nH]2)c1. The maximum absolute atomic E-state index is 12.6. The Labute approximate surface area is 177 Å². The average Bonchev–Trinajstić information content (AvgIpc) is 3.40. The molecule has 0 fully saturated rings. The van der Waals surface area contributed by atoms with Gasteiger partial charge < -0.3 is 9.72 Å². The van der Waals surface area contributed by atoms with Crippen molar-refractivity contribution in [2.45, 2.75) is 13.5 Å². The third-order valence-corrected chi connectivity index (χ3v) is 5.87. The molecule has 0 saturated carbocycles. The van der Waals surface area contributed by atoms with Gasteiger partial charge in [0.05, 0.1) is 17.5 Å². The van der Waals surface area contributed by atoms with Crippen molar-refractivity contribution in [2.24, 2.45) is 0 Å². The molecule has 0 amide bonds. The minimum absolute atomic E-state index is 0.183. The molecule has 0 aliphatic carbocycles. The quantitative estimate of drug-likeness (QED) is 0.425. The summed E-state index contributed by atoms with van der Waals surface area (Å²) in [7, 11) is 0. The van der Waals surface area contributed by atoms with Crippen molar-refractivity contribution >= 4 is 17.0 Å². The fraction of sp³-hybridized carbons (Fsp3) is 0.0833. The van der Waals surface area contributed by atoms with Gasteiger partial charge in [-0.15, -0.1) is 11.3 Å². The Morgan fingerprint density at radius 3 is 2.73 bits per heavy atom. The molecule has 0 spiro atoms. The van der Waals surface area contributed by atoms with Crippen LogP contribution in [0.5, 0.6) is 5.75 Å². The van der Waals surface area contributed by atoms with Crippen molar-refractivity contribution < 1.29 is 4.74 Å². The molecule has 0 unspecified atom stereocenters. The molecule has 2 aromatic carbocycles. The van der Waals surface area contributed by atoms with Gasteiger partial charge in [0.15, 0.2) is 0 Å². The van der Waals surface area contributed by atoms with Gasteiger partial charge in [-0.1, -0.05) is 42.5 Å². The minimum Gasteiger partial charge on any atom is -0.487 e. The van der Waals surface area contributed by atoms with Gasteiger partial charge in [-0.3, -0.25) is 4.79 Å². The third kappa shape index (κ3) is 3.53. The summed E-state index contributed by atoms with van der Waals surface area (Å²) < 4.78 is 7.26. The Balaban J connectivity index is 1.48. The fourth-order valence-electron chi connectivity index (χ4n) is 3.42. The Morgan fingerprint density at radius 2 is 1.90 bits per heavy atom. The lowest BCUT2D eigenvalue weighted by Gasteiger charge is -2.07.